The van der Waals surface area contributed by atoms with Crippen molar-refractivity contribution in [1.82, 2.24) is 4.90 Å². The second-order valence-electron chi connectivity index (χ2n) is 10.3. The summed E-state index contributed by atoms with van der Waals surface area (Å²) in [6.45, 7) is 8.24. The largest absolute Gasteiger partial charge is 0.492 e. The van der Waals surface area contributed by atoms with Crippen molar-refractivity contribution in [2.75, 3.05) is 20.2 Å². The topological polar surface area (TPSA) is 64.8 Å². The second kappa shape index (κ2) is 10.3. The summed E-state index contributed by atoms with van der Waals surface area (Å²) < 4.78 is 13.3. The summed E-state index contributed by atoms with van der Waals surface area (Å²) in [6, 6.07) is 27.9. The fourth-order valence-electron chi connectivity index (χ4n) is 5.11. The van der Waals surface area contributed by atoms with Crippen LogP contribution in [0.15, 0.2) is 84.9 Å². The molecule has 7 heteroatoms. The number of hydrogen-bond acceptors (Lipinski definition) is 5. The van der Waals surface area contributed by atoms with Gasteiger partial charge in [-0.15, -0.1) is 0 Å². The molecule has 3 aromatic rings. The van der Waals surface area contributed by atoms with Crippen molar-refractivity contribution in [2.45, 2.75) is 44.4 Å². The first-order chi connectivity index (χ1) is 16.7. The molecule has 35 heavy (non-hydrogen) atoms. The first-order valence-electron chi connectivity index (χ1n) is 12.1. The molecule has 1 fully saturated rings. The molecule has 1 heterocycles. The average molecular weight is 491 g/mol. The Bertz CT molecular complexity index is 1080. The lowest BCUT2D eigenvalue weighted by atomic mass is 10.2. The minimum absolute atomic E-state index is 0.0640. The van der Waals surface area contributed by atoms with Gasteiger partial charge in [0, 0.05) is 24.7 Å². The highest BCUT2D eigenvalue weighted by Gasteiger charge is 2.52. The van der Waals surface area contributed by atoms with Crippen LogP contribution in [0.3, 0.4) is 0 Å². The molecule has 4 rings (SSSR count). The van der Waals surface area contributed by atoms with E-state index in [1.807, 2.05) is 0 Å². The van der Waals surface area contributed by atoms with E-state index in [-0.39, 0.29) is 22.9 Å². The van der Waals surface area contributed by atoms with Gasteiger partial charge >= 0.3 is 0 Å². The Balaban J connectivity index is 1.55. The monoisotopic (exact) mass is 490 g/mol. The number of rotatable bonds is 8. The standard InChI is InChI=1S/C28H34N2O4Si/c1-28(2,3)35(26-11-7-5-8-12-26,27-13-9-6-10-14-27)34-25-19-23(29(4)20-25)21-33-24-17-15-22(16-18-24)30(31)32/h5-18,23,25H,19-21H2,1-4H3/t23-,25+/m0/s1. The Morgan fingerprint density at radius 1 is 0.943 bits per heavy atom. The molecule has 0 saturated carbocycles. The van der Waals surface area contributed by atoms with Gasteiger partial charge < -0.3 is 9.16 Å². The third-order valence-corrected chi connectivity index (χ3v) is 12.0. The van der Waals surface area contributed by atoms with Crippen molar-refractivity contribution in [2.24, 2.45) is 0 Å². The van der Waals surface area contributed by atoms with Gasteiger partial charge in [-0.1, -0.05) is 81.4 Å². The molecule has 0 amide bonds. The highest BCUT2D eigenvalue weighted by molar-refractivity contribution is 6.99. The Morgan fingerprint density at radius 3 is 1.97 bits per heavy atom. The normalized spacial score (nSPS) is 19.0. The van der Waals surface area contributed by atoms with Crippen molar-refractivity contribution in [1.29, 1.82) is 0 Å². The quantitative estimate of drug-likeness (QED) is 0.262. The minimum Gasteiger partial charge on any atom is -0.492 e. The van der Waals surface area contributed by atoms with Crippen LogP contribution in [0.25, 0.3) is 0 Å². The number of likely N-dealkylation sites (N-methyl/N-ethyl adjacent to an activating group) is 1. The van der Waals surface area contributed by atoms with Crippen LogP contribution in [-0.4, -0.2) is 50.5 Å². The maximum Gasteiger partial charge on any atom is 0.269 e. The smallest absolute Gasteiger partial charge is 0.269 e. The number of nitro groups is 1. The van der Waals surface area contributed by atoms with E-state index in [4.69, 9.17) is 9.16 Å². The van der Waals surface area contributed by atoms with Gasteiger partial charge in [-0.2, -0.15) is 0 Å². The van der Waals surface area contributed by atoms with E-state index in [2.05, 4.69) is 93.4 Å². The zero-order chi connectivity index (χ0) is 25.1. The summed E-state index contributed by atoms with van der Waals surface area (Å²) in [5, 5.41) is 13.4. The van der Waals surface area contributed by atoms with Crippen molar-refractivity contribution in [3.05, 3.63) is 95.0 Å². The lowest BCUT2D eigenvalue weighted by Crippen LogP contribution is -2.67. The number of hydrogen-bond donors (Lipinski definition) is 0. The predicted octanol–water partition coefficient (Wildman–Crippen LogP) is 4.62. The van der Waals surface area contributed by atoms with Crippen LogP contribution in [0, 0.1) is 10.1 Å². The molecule has 3 aromatic carbocycles. The van der Waals surface area contributed by atoms with Crippen LogP contribution >= 0.6 is 0 Å². The van der Waals surface area contributed by atoms with Gasteiger partial charge in [-0.05, 0) is 41.0 Å². The van der Waals surface area contributed by atoms with Crippen molar-refractivity contribution >= 4 is 24.4 Å². The molecule has 0 aromatic heterocycles. The summed E-state index contributed by atoms with van der Waals surface area (Å²) in [5.74, 6) is 0.639. The molecule has 0 N–H and O–H groups in total. The van der Waals surface area contributed by atoms with Gasteiger partial charge in [0.15, 0.2) is 0 Å². The summed E-state index contributed by atoms with van der Waals surface area (Å²) >= 11 is 0. The third-order valence-electron chi connectivity index (χ3n) is 6.90. The fourth-order valence-corrected chi connectivity index (χ4v) is 9.79. The maximum absolute atomic E-state index is 10.9. The van der Waals surface area contributed by atoms with Crippen LogP contribution in [0.2, 0.25) is 5.04 Å². The molecule has 6 nitrogen and oxygen atoms in total. The summed E-state index contributed by atoms with van der Waals surface area (Å²) in [4.78, 5) is 12.8. The fraction of sp³-hybridized carbons (Fsp3) is 0.357. The number of ether oxygens (including phenoxy) is 1. The van der Waals surface area contributed by atoms with Crippen LogP contribution in [0.4, 0.5) is 5.69 Å². The van der Waals surface area contributed by atoms with Gasteiger partial charge in [0.05, 0.1) is 11.0 Å². The highest BCUT2D eigenvalue weighted by Crippen LogP contribution is 2.39. The van der Waals surface area contributed by atoms with Crippen molar-refractivity contribution in [3.8, 4) is 5.75 Å². The molecule has 0 aliphatic carbocycles. The van der Waals surface area contributed by atoms with Gasteiger partial charge in [-0.3, -0.25) is 15.0 Å². The molecular formula is C28H34N2O4Si. The maximum atomic E-state index is 10.9. The predicted molar refractivity (Wildman–Crippen MR) is 142 cm³/mol. The number of non-ortho nitro benzene ring substituents is 1. The summed E-state index contributed by atoms with van der Waals surface area (Å²) in [6.07, 6.45) is 0.949. The third kappa shape index (κ3) is 5.32. The summed E-state index contributed by atoms with van der Waals surface area (Å²) in [7, 11) is -0.499. The van der Waals surface area contributed by atoms with E-state index >= 15 is 0 Å². The molecule has 0 unspecified atom stereocenters. The van der Waals surface area contributed by atoms with Crippen LogP contribution in [0.1, 0.15) is 27.2 Å². The lowest BCUT2D eigenvalue weighted by Gasteiger charge is -2.44. The summed E-state index contributed by atoms with van der Waals surface area (Å²) in [5.41, 5.74) is 0.0640. The van der Waals surface area contributed by atoms with Crippen LogP contribution < -0.4 is 15.1 Å². The van der Waals surface area contributed by atoms with E-state index in [0.717, 1.165) is 13.0 Å². The van der Waals surface area contributed by atoms with Crippen LogP contribution in [-0.2, 0) is 4.43 Å². The Labute approximate surface area is 208 Å². The van der Waals surface area contributed by atoms with E-state index in [9.17, 15) is 10.1 Å². The Hall–Kier alpha value is -3.00. The molecule has 0 bridgehead atoms. The molecule has 0 radical (unpaired) electrons. The number of nitro benzene ring substituents is 1. The molecular weight excluding hydrogens is 456 g/mol. The molecule has 184 valence electrons. The number of nitrogens with zero attached hydrogens (tertiary/aromatic N) is 2. The lowest BCUT2D eigenvalue weighted by molar-refractivity contribution is -0.384. The van der Waals surface area contributed by atoms with Gasteiger partial charge in [-0.25, -0.2) is 0 Å². The Kier molecular flexibility index (Phi) is 7.40. The molecule has 1 aliphatic rings. The number of likely N-dealkylation sites (tertiary alicyclic amines) is 1. The first kappa shape index (κ1) is 25.1. The van der Waals surface area contributed by atoms with Gasteiger partial charge in [0.2, 0.25) is 0 Å². The van der Waals surface area contributed by atoms with Gasteiger partial charge in [0.25, 0.3) is 14.0 Å². The van der Waals surface area contributed by atoms with Crippen LogP contribution in [0.5, 0.6) is 5.75 Å². The SMILES string of the molecule is CN1C[C@H](O[Si](c2ccccc2)(c2ccccc2)C(C)(C)C)C[C@H]1COc1ccc([N+](=O)[O-])cc1. The van der Waals surface area contributed by atoms with E-state index in [1.165, 1.54) is 22.5 Å². The minimum atomic E-state index is -2.61. The van der Waals surface area contributed by atoms with Crippen molar-refractivity contribution < 1.29 is 14.1 Å². The zero-order valence-corrected chi connectivity index (χ0v) is 21.9. The molecule has 2 atom stereocenters. The van der Waals surface area contributed by atoms with E-state index in [0.29, 0.717) is 12.4 Å². The average Bonchev–Trinajstić information content (AvgIpc) is 3.20. The highest BCUT2D eigenvalue weighted by atomic mass is 28.4. The van der Waals surface area contributed by atoms with Crippen molar-refractivity contribution in [3.63, 3.8) is 0 Å². The molecule has 0 spiro atoms. The first-order valence-corrected chi connectivity index (χ1v) is 14.0. The van der Waals surface area contributed by atoms with Gasteiger partial charge in [0.1, 0.15) is 12.4 Å². The molecule has 1 saturated heterocycles. The number of benzene rings is 3. The zero-order valence-electron chi connectivity index (χ0n) is 20.9. The Morgan fingerprint density at radius 2 is 1.49 bits per heavy atom. The van der Waals surface area contributed by atoms with E-state index < -0.39 is 13.2 Å². The molecule has 1 aliphatic heterocycles. The second-order valence-corrected chi connectivity index (χ2v) is 14.5. The van der Waals surface area contributed by atoms with E-state index in [1.54, 1.807) is 12.1 Å².